The van der Waals surface area contributed by atoms with Gasteiger partial charge in [-0.3, -0.25) is 0 Å². The first kappa shape index (κ1) is 14.4. The van der Waals surface area contributed by atoms with Crippen molar-refractivity contribution in [2.24, 2.45) is 0 Å². The minimum absolute atomic E-state index is 0.177. The molecule has 0 amide bonds. The van der Waals surface area contributed by atoms with Gasteiger partial charge in [0.1, 0.15) is 5.82 Å². The van der Waals surface area contributed by atoms with Crippen molar-refractivity contribution in [3.63, 3.8) is 0 Å². The molecule has 0 aromatic carbocycles. The van der Waals surface area contributed by atoms with Gasteiger partial charge in [0.2, 0.25) is 0 Å². The summed E-state index contributed by atoms with van der Waals surface area (Å²) in [5, 5.41) is 3.38. The molecule has 0 aliphatic carbocycles. The molecule has 1 rings (SSSR count). The van der Waals surface area contributed by atoms with Crippen LogP contribution in [0.15, 0.2) is 12.4 Å². The standard InChI is InChI=1S/C12H25N3OSi/c1-5-13-11(12-14-6-7-15-12)10-16-8-9-17(2,3)4/h6-7,11,13H,5,8-10H2,1-4H3,(H,14,15). The maximum atomic E-state index is 5.76. The smallest absolute Gasteiger partial charge is 0.125 e. The molecule has 0 saturated carbocycles. The molecule has 2 N–H and O–H groups in total. The van der Waals surface area contributed by atoms with Crippen LogP contribution in [0.4, 0.5) is 0 Å². The zero-order valence-electron chi connectivity index (χ0n) is 11.4. The van der Waals surface area contributed by atoms with Gasteiger partial charge in [0, 0.05) is 27.1 Å². The molecule has 0 aliphatic rings. The number of aromatic nitrogens is 2. The van der Waals surface area contributed by atoms with Crippen LogP contribution in [0.3, 0.4) is 0 Å². The number of imidazole rings is 1. The van der Waals surface area contributed by atoms with Crippen molar-refractivity contribution < 1.29 is 4.74 Å². The number of nitrogens with one attached hydrogen (secondary N) is 2. The zero-order chi connectivity index (χ0) is 12.7. The van der Waals surface area contributed by atoms with Crippen LogP contribution in [-0.2, 0) is 4.74 Å². The fourth-order valence-corrected chi connectivity index (χ4v) is 2.29. The van der Waals surface area contributed by atoms with Crippen molar-refractivity contribution in [3.8, 4) is 0 Å². The number of ether oxygens (including phenoxy) is 1. The highest BCUT2D eigenvalue weighted by Crippen LogP contribution is 2.11. The highest BCUT2D eigenvalue weighted by molar-refractivity contribution is 6.76. The van der Waals surface area contributed by atoms with E-state index in [4.69, 9.17) is 4.74 Å². The van der Waals surface area contributed by atoms with Crippen molar-refractivity contribution in [2.75, 3.05) is 19.8 Å². The maximum Gasteiger partial charge on any atom is 0.125 e. The molecule has 0 bridgehead atoms. The minimum atomic E-state index is -0.983. The second kappa shape index (κ2) is 6.93. The summed E-state index contributed by atoms with van der Waals surface area (Å²) in [6.07, 6.45) is 3.63. The molecule has 0 radical (unpaired) electrons. The van der Waals surface area contributed by atoms with Crippen molar-refractivity contribution in [2.45, 2.75) is 38.7 Å². The van der Waals surface area contributed by atoms with Gasteiger partial charge in [0.05, 0.1) is 12.6 Å². The molecular formula is C12H25N3OSi. The lowest BCUT2D eigenvalue weighted by molar-refractivity contribution is 0.120. The number of rotatable bonds is 8. The highest BCUT2D eigenvalue weighted by Gasteiger charge is 2.15. The molecule has 98 valence electrons. The molecule has 0 saturated heterocycles. The van der Waals surface area contributed by atoms with Gasteiger partial charge in [-0.15, -0.1) is 0 Å². The fourth-order valence-electron chi connectivity index (χ4n) is 1.53. The largest absolute Gasteiger partial charge is 0.380 e. The van der Waals surface area contributed by atoms with Crippen molar-refractivity contribution >= 4 is 8.07 Å². The molecule has 4 nitrogen and oxygen atoms in total. The number of nitrogens with zero attached hydrogens (tertiary/aromatic N) is 1. The lowest BCUT2D eigenvalue weighted by atomic mass is 10.3. The summed E-state index contributed by atoms with van der Waals surface area (Å²) in [6.45, 7) is 11.7. The molecule has 1 atom stereocenters. The Morgan fingerprint density at radius 2 is 2.24 bits per heavy atom. The summed E-state index contributed by atoms with van der Waals surface area (Å²) < 4.78 is 5.76. The summed E-state index contributed by atoms with van der Waals surface area (Å²) in [6, 6.07) is 1.39. The summed E-state index contributed by atoms with van der Waals surface area (Å²) in [5.41, 5.74) is 0. The average Bonchev–Trinajstić information content (AvgIpc) is 2.74. The Bertz CT molecular complexity index is 295. The van der Waals surface area contributed by atoms with Crippen LogP contribution in [0.2, 0.25) is 25.7 Å². The van der Waals surface area contributed by atoms with E-state index in [0.717, 1.165) is 19.0 Å². The van der Waals surface area contributed by atoms with Crippen LogP contribution in [0.25, 0.3) is 0 Å². The van der Waals surface area contributed by atoms with Crippen LogP contribution in [0.1, 0.15) is 18.8 Å². The van der Waals surface area contributed by atoms with Crippen LogP contribution in [0, 0.1) is 0 Å². The van der Waals surface area contributed by atoms with Gasteiger partial charge in [-0.05, 0) is 12.6 Å². The lowest BCUT2D eigenvalue weighted by Gasteiger charge is -2.18. The number of likely N-dealkylation sites (N-methyl/N-ethyl adjacent to an activating group) is 1. The Hall–Kier alpha value is -0.653. The first-order chi connectivity index (χ1) is 8.03. The quantitative estimate of drug-likeness (QED) is 0.554. The van der Waals surface area contributed by atoms with Crippen LogP contribution >= 0.6 is 0 Å². The normalized spacial score (nSPS) is 13.9. The van der Waals surface area contributed by atoms with Crippen LogP contribution < -0.4 is 5.32 Å². The number of H-pyrrole nitrogens is 1. The van der Waals surface area contributed by atoms with E-state index in [1.54, 1.807) is 6.20 Å². The predicted octanol–water partition coefficient (Wildman–Crippen LogP) is 2.42. The molecule has 1 aromatic heterocycles. The van der Waals surface area contributed by atoms with Crippen LogP contribution in [-0.4, -0.2) is 37.8 Å². The van der Waals surface area contributed by atoms with Crippen LogP contribution in [0.5, 0.6) is 0 Å². The first-order valence-electron chi connectivity index (χ1n) is 6.33. The molecule has 5 heteroatoms. The van der Waals surface area contributed by atoms with Gasteiger partial charge in [-0.2, -0.15) is 0 Å². The number of hydrogen-bond donors (Lipinski definition) is 2. The molecule has 17 heavy (non-hydrogen) atoms. The van der Waals surface area contributed by atoms with Crippen molar-refractivity contribution in [3.05, 3.63) is 18.2 Å². The predicted molar refractivity (Wildman–Crippen MR) is 74.0 cm³/mol. The van der Waals surface area contributed by atoms with Gasteiger partial charge in [-0.25, -0.2) is 4.98 Å². The van der Waals surface area contributed by atoms with E-state index in [2.05, 4.69) is 41.8 Å². The van der Waals surface area contributed by atoms with E-state index >= 15 is 0 Å². The topological polar surface area (TPSA) is 49.9 Å². The monoisotopic (exact) mass is 255 g/mol. The number of aromatic amines is 1. The molecule has 0 fully saturated rings. The van der Waals surface area contributed by atoms with E-state index in [1.165, 1.54) is 6.04 Å². The summed E-state index contributed by atoms with van der Waals surface area (Å²) >= 11 is 0. The van der Waals surface area contributed by atoms with E-state index in [9.17, 15) is 0 Å². The van der Waals surface area contributed by atoms with E-state index in [-0.39, 0.29) is 6.04 Å². The Kier molecular flexibility index (Phi) is 5.88. The van der Waals surface area contributed by atoms with E-state index < -0.39 is 8.07 Å². The lowest BCUT2D eigenvalue weighted by Crippen LogP contribution is -2.28. The third kappa shape index (κ3) is 6.00. The minimum Gasteiger partial charge on any atom is -0.380 e. The van der Waals surface area contributed by atoms with Gasteiger partial charge in [-0.1, -0.05) is 26.6 Å². The van der Waals surface area contributed by atoms with Gasteiger partial charge in [0.15, 0.2) is 0 Å². The Morgan fingerprint density at radius 1 is 1.47 bits per heavy atom. The third-order valence-electron chi connectivity index (χ3n) is 2.58. The van der Waals surface area contributed by atoms with E-state index in [0.29, 0.717) is 6.61 Å². The van der Waals surface area contributed by atoms with Crippen molar-refractivity contribution in [1.82, 2.24) is 15.3 Å². The summed E-state index contributed by atoms with van der Waals surface area (Å²) in [7, 11) is -0.983. The van der Waals surface area contributed by atoms with E-state index in [1.807, 2.05) is 6.20 Å². The van der Waals surface area contributed by atoms with Crippen molar-refractivity contribution in [1.29, 1.82) is 0 Å². The van der Waals surface area contributed by atoms with Gasteiger partial charge >= 0.3 is 0 Å². The summed E-state index contributed by atoms with van der Waals surface area (Å²) in [4.78, 5) is 7.41. The Labute approximate surface area is 105 Å². The average molecular weight is 255 g/mol. The number of hydrogen-bond acceptors (Lipinski definition) is 3. The second-order valence-electron chi connectivity index (χ2n) is 5.47. The zero-order valence-corrected chi connectivity index (χ0v) is 12.4. The highest BCUT2D eigenvalue weighted by atomic mass is 28.3. The molecule has 1 heterocycles. The Balaban J connectivity index is 2.31. The third-order valence-corrected chi connectivity index (χ3v) is 4.29. The van der Waals surface area contributed by atoms with Gasteiger partial charge in [0.25, 0.3) is 0 Å². The SMILES string of the molecule is CCNC(COCC[Si](C)(C)C)c1ncc[nH]1. The molecule has 1 unspecified atom stereocenters. The first-order valence-corrected chi connectivity index (χ1v) is 10.0. The molecule has 0 aliphatic heterocycles. The van der Waals surface area contributed by atoms with Gasteiger partial charge < -0.3 is 15.0 Å². The summed E-state index contributed by atoms with van der Waals surface area (Å²) in [5.74, 6) is 0.958. The fraction of sp³-hybridized carbons (Fsp3) is 0.750. The Morgan fingerprint density at radius 3 is 2.76 bits per heavy atom. The maximum absolute atomic E-state index is 5.76. The molecule has 0 spiro atoms. The molecule has 1 aromatic rings. The second-order valence-corrected chi connectivity index (χ2v) is 11.1. The molecular weight excluding hydrogens is 230 g/mol.